The van der Waals surface area contributed by atoms with Crippen molar-refractivity contribution in [1.82, 2.24) is 9.97 Å². The highest BCUT2D eigenvalue weighted by Gasteiger charge is 2.18. The first kappa shape index (κ1) is 12.0. The number of hydrogen-bond donors (Lipinski definition) is 0. The molecule has 0 amide bonds. The molecule has 94 valence electrons. The number of nitrogens with zero attached hydrogens (tertiary/aromatic N) is 3. The Morgan fingerprint density at radius 2 is 2.00 bits per heavy atom. The van der Waals surface area contributed by atoms with Crippen LogP contribution in [-0.2, 0) is 10.8 Å². The van der Waals surface area contributed by atoms with Gasteiger partial charge in [-0.25, -0.2) is 9.97 Å². The molecule has 0 spiro atoms. The zero-order valence-electron chi connectivity index (χ0n) is 9.67. The van der Waals surface area contributed by atoms with Crippen LogP contribution in [0.5, 0.6) is 0 Å². The van der Waals surface area contributed by atoms with Crippen LogP contribution in [0.3, 0.4) is 0 Å². The normalized spacial score (nSPS) is 17.3. The first-order valence-electron chi connectivity index (χ1n) is 5.75. The predicted molar refractivity (Wildman–Crippen MR) is 77.3 cm³/mol. The van der Waals surface area contributed by atoms with Gasteiger partial charge < -0.3 is 4.90 Å². The van der Waals surface area contributed by atoms with Gasteiger partial charge >= 0.3 is 0 Å². The fourth-order valence-corrected chi connectivity index (χ4v) is 3.66. The quantitative estimate of drug-likeness (QED) is 0.804. The lowest BCUT2D eigenvalue weighted by atomic mass is 10.2. The van der Waals surface area contributed by atoms with Crippen LogP contribution >= 0.6 is 15.9 Å². The van der Waals surface area contributed by atoms with E-state index in [4.69, 9.17) is 0 Å². The van der Waals surface area contributed by atoms with Crippen LogP contribution in [0.25, 0.3) is 10.9 Å². The van der Waals surface area contributed by atoms with E-state index in [1.807, 2.05) is 18.2 Å². The van der Waals surface area contributed by atoms with Crippen LogP contribution in [0.2, 0.25) is 0 Å². The summed E-state index contributed by atoms with van der Waals surface area (Å²) in [6.45, 7) is 1.59. The molecule has 6 heteroatoms. The van der Waals surface area contributed by atoms with E-state index in [2.05, 4.69) is 30.8 Å². The number of fused-ring (bicyclic) bond motifs is 1. The van der Waals surface area contributed by atoms with Crippen molar-refractivity contribution >= 4 is 43.5 Å². The van der Waals surface area contributed by atoms with E-state index in [1.54, 1.807) is 6.33 Å². The van der Waals surface area contributed by atoms with E-state index < -0.39 is 10.8 Å². The Bertz CT molecular complexity index is 609. The number of hydrogen-bond acceptors (Lipinski definition) is 4. The molecular formula is C12H12BrN3OS. The fourth-order valence-electron chi connectivity index (χ4n) is 2.14. The summed E-state index contributed by atoms with van der Waals surface area (Å²) < 4.78 is 12.4. The van der Waals surface area contributed by atoms with Crippen molar-refractivity contribution in [3.63, 3.8) is 0 Å². The van der Waals surface area contributed by atoms with Gasteiger partial charge in [0.15, 0.2) is 0 Å². The maximum Gasteiger partial charge on any atom is 0.139 e. The molecule has 0 aliphatic carbocycles. The number of rotatable bonds is 1. The van der Waals surface area contributed by atoms with Crippen LogP contribution < -0.4 is 4.90 Å². The zero-order valence-corrected chi connectivity index (χ0v) is 12.1. The molecule has 1 fully saturated rings. The average Bonchev–Trinajstić information content (AvgIpc) is 2.40. The molecule has 0 radical (unpaired) electrons. The summed E-state index contributed by atoms with van der Waals surface area (Å²) in [4.78, 5) is 10.9. The molecule has 1 saturated heterocycles. The van der Waals surface area contributed by atoms with Crippen molar-refractivity contribution < 1.29 is 4.21 Å². The van der Waals surface area contributed by atoms with Gasteiger partial charge in [-0.3, -0.25) is 4.21 Å². The second-order valence-electron chi connectivity index (χ2n) is 4.17. The fraction of sp³-hybridized carbons (Fsp3) is 0.333. The summed E-state index contributed by atoms with van der Waals surface area (Å²) in [6, 6.07) is 5.99. The molecule has 2 heterocycles. The third-order valence-corrected chi connectivity index (χ3v) is 4.99. The number of halogens is 1. The van der Waals surface area contributed by atoms with E-state index >= 15 is 0 Å². The molecule has 0 atom stereocenters. The van der Waals surface area contributed by atoms with Gasteiger partial charge in [0, 0.05) is 45.3 Å². The average molecular weight is 326 g/mol. The molecule has 4 nitrogen and oxygen atoms in total. The molecule has 3 rings (SSSR count). The van der Waals surface area contributed by atoms with E-state index in [0.717, 1.165) is 45.8 Å². The summed E-state index contributed by atoms with van der Waals surface area (Å²) in [7, 11) is -0.667. The SMILES string of the molecule is O=S1CCN(c2ncnc3c(Br)cccc23)CC1. The van der Waals surface area contributed by atoms with Gasteiger partial charge in [0.2, 0.25) is 0 Å². The lowest BCUT2D eigenvalue weighted by Gasteiger charge is -2.28. The van der Waals surface area contributed by atoms with Crippen molar-refractivity contribution in [2.75, 3.05) is 29.5 Å². The van der Waals surface area contributed by atoms with E-state index in [-0.39, 0.29) is 0 Å². The Labute approximate surface area is 116 Å². The second kappa shape index (κ2) is 4.93. The molecule has 2 aromatic rings. The zero-order chi connectivity index (χ0) is 12.5. The summed E-state index contributed by atoms with van der Waals surface area (Å²) in [5.74, 6) is 2.39. The van der Waals surface area contributed by atoms with Gasteiger partial charge in [-0.2, -0.15) is 0 Å². The molecular weight excluding hydrogens is 314 g/mol. The van der Waals surface area contributed by atoms with Crippen LogP contribution in [0.1, 0.15) is 0 Å². The molecule has 1 aliphatic rings. The second-order valence-corrected chi connectivity index (χ2v) is 6.72. The van der Waals surface area contributed by atoms with Crippen LogP contribution in [0.4, 0.5) is 5.82 Å². The summed E-state index contributed by atoms with van der Waals surface area (Å²) in [5, 5.41) is 1.04. The molecule has 0 saturated carbocycles. The summed E-state index contributed by atoms with van der Waals surface area (Å²) >= 11 is 3.51. The number of aromatic nitrogens is 2. The first-order valence-corrected chi connectivity index (χ1v) is 8.03. The molecule has 0 N–H and O–H groups in total. The smallest absolute Gasteiger partial charge is 0.139 e. The lowest BCUT2D eigenvalue weighted by molar-refractivity contribution is 0.672. The van der Waals surface area contributed by atoms with Crippen molar-refractivity contribution in [2.45, 2.75) is 0 Å². The maximum atomic E-state index is 11.4. The molecule has 1 aromatic heterocycles. The standard InChI is InChI=1S/C12H12BrN3OS/c13-10-3-1-2-9-11(10)14-8-15-12(9)16-4-6-18(17)7-5-16/h1-3,8H,4-7H2. The molecule has 0 bridgehead atoms. The number of anilines is 1. The van der Waals surface area contributed by atoms with E-state index in [9.17, 15) is 4.21 Å². The predicted octanol–water partition coefficient (Wildman–Crippen LogP) is 1.96. The Morgan fingerprint density at radius 3 is 2.78 bits per heavy atom. The van der Waals surface area contributed by atoms with Gasteiger partial charge in [-0.05, 0) is 28.1 Å². The number of benzene rings is 1. The van der Waals surface area contributed by atoms with Crippen molar-refractivity contribution in [1.29, 1.82) is 0 Å². The van der Waals surface area contributed by atoms with Crippen LogP contribution in [-0.4, -0.2) is 38.8 Å². The monoisotopic (exact) mass is 325 g/mol. The van der Waals surface area contributed by atoms with Gasteiger partial charge in [0.25, 0.3) is 0 Å². The van der Waals surface area contributed by atoms with Crippen LogP contribution in [0.15, 0.2) is 29.0 Å². The highest BCUT2D eigenvalue weighted by atomic mass is 79.9. The van der Waals surface area contributed by atoms with Crippen molar-refractivity contribution in [3.8, 4) is 0 Å². The summed E-state index contributed by atoms with van der Waals surface area (Å²) in [6.07, 6.45) is 1.59. The summed E-state index contributed by atoms with van der Waals surface area (Å²) in [5.41, 5.74) is 0.925. The van der Waals surface area contributed by atoms with Gasteiger partial charge in [-0.1, -0.05) is 6.07 Å². The highest BCUT2D eigenvalue weighted by molar-refractivity contribution is 9.10. The van der Waals surface area contributed by atoms with Gasteiger partial charge in [0.05, 0.1) is 5.52 Å². The molecule has 1 aromatic carbocycles. The molecule has 18 heavy (non-hydrogen) atoms. The Kier molecular flexibility index (Phi) is 3.30. The van der Waals surface area contributed by atoms with Crippen LogP contribution in [0, 0.1) is 0 Å². The Hall–Kier alpha value is -1.01. The van der Waals surface area contributed by atoms with Crippen molar-refractivity contribution in [3.05, 3.63) is 29.0 Å². The van der Waals surface area contributed by atoms with Crippen molar-refractivity contribution in [2.24, 2.45) is 0 Å². The Morgan fingerprint density at radius 1 is 1.22 bits per heavy atom. The van der Waals surface area contributed by atoms with Gasteiger partial charge in [0.1, 0.15) is 12.1 Å². The van der Waals surface area contributed by atoms with E-state index in [1.165, 1.54) is 0 Å². The third-order valence-electron chi connectivity index (χ3n) is 3.07. The lowest BCUT2D eigenvalue weighted by Crippen LogP contribution is -2.38. The molecule has 0 unspecified atom stereocenters. The maximum absolute atomic E-state index is 11.4. The van der Waals surface area contributed by atoms with E-state index in [0.29, 0.717) is 0 Å². The molecule has 1 aliphatic heterocycles. The third kappa shape index (κ3) is 2.14. The first-order chi connectivity index (χ1) is 8.75. The highest BCUT2D eigenvalue weighted by Crippen LogP contribution is 2.28. The minimum atomic E-state index is -0.667. The Balaban J connectivity index is 2.07. The minimum absolute atomic E-state index is 0.667. The minimum Gasteiger partial charge on any atom is -0.354 e. The number of para-hydroxylation sites is 1. The topological polar surface area (TPSA) is 46.1 Å². The van der Waals surface area contributed by atoms with Gasteiger partial charge in [-0.15, -0.1) is 0 Å². The largest absolute Gasteiger partial charge is 0.354 e.